The summed E-state index contributed by atoms with van der Waals surface area (Å²) in [6, 6.07) is 3.27. The van der Waals surface area contributed by atoms with Gasteiger partial charge in [0.05, 0.1) is 18.7 Å². The minimum Gasteiger partial charge on any atom is -0.496 e. The number of methoxy groups -OCH3 is 2. The van der Waals surface area contributed by atoms with Crippen molar-refractivity contribution in [2.75, 3.05) is 20.0 Å². The molecule has 0 fully saturated rings. The molecule has 0 atom stereocenters. The highest BCUT2D eigenvalue weighted by molar-refractivity contribution is 9.10. The Kier molecular flexibility index (Phi) is 3.35. The van der Waals surface area contributed by atoms with Crippen molar-refractivity contribution in [1.29, 1.82) is 0 Å². The van der Waals surface area contributed by atoms with E-state index < -0.39 is 5.97 Å². The quantitative estimate of drug-likeness (QED) is 0.650. The van der Waals surface area contributed by atoms with Crippen LogP contribution in [0, 0.1) is 0 Å². The third-order valence-electron chi connectivity index (χ3n) is 1.75. The van der Waals surface area contributed by atoms with Gasteiger partial charge in [-0.2, -0.15) is 0 Å². The average molecular weight is 260 g/mol. The molecule has 0 bridgehead atoms. The molecule has 0 aliphatic heterocycles. The van der Waals surface area contributed by atoms with E-state index >= 15 is 0 Å². The highest BCUT2D eigenvalue weighted by atomic mass is 79.9. The van der Waals surface area contributed by atoms with Gasteiger partial charge in [0.25, 0.3) is 0 Å². The molecule has 0 spiro atoms. The summed E-state index contributed by atoms with van der Waals surface area (Å²) in [6.45, 7) is 0. The monoisotopic (exact) mass is 259 g/mol. The van der Waals surface area contributed by atoms with Crippen LogP contribution in [0.4, 0.5) is 5.69 Å². The average Bonchev–Trinajstić information content (AvgIpc) is 2.18. The van der Waals surface area contributed by atoms with E-state index in [1.807, 2.05) is 0 Å². The number of esters is 1. The molecule has 5 heteroatoms. The molecule has 0 aromatic heterocycles. The summed E-state index contributed by atoms with van der Waals surface area (Å²) in [7, 11) is 2.81. The summed E-state index contributed by atoms with van der Waals surface area (Å²) in [5.41, 5.74) is 6.27. The van der Waals surface area contributed by atoms with Crippen molar-refractivity contribution in [3.8, 4) is 5.75 Å². The molecule has 0 saturated heterocycles. The number of carbonyl (C=O) groups excluding carboxylic acids is 1. The summed E-state index contributed by atoms with van der Waals surface area (Å²) in [6.07, 6.45) is 0. The molecular formula is C9H10BrNO3. The number of ether oxygens (including phenoxy) is 2. The van der Waals surface area contributed by atoms with Crippen molar-refractivity contribution >= 4 is 27.6 Å². The van der Waals surface area contributed by atoms with Crippen LogP contribution in [-0.4, -0.2) is 20.2 Å². The molecule has 0 unspecified atom stereocenters. The molecule has 2 N–H and O–H groups in total. The number of hydrogen-bond donors (Lipinski definition) is 1. The zero-order valence-electron chi connectivity index (χ0n) is 7.83. The fourth-order valence-electron chi connectivity index (χ4n) is 1.04. The van der Waals surface area contributed by atoms with Crippen LogP contribution >= 0.6 is 15.9 Å². The van der Waals surface area contributed by atoms with Crippen LogP contribution in [0.1, 0.15) is 10.4 Å². The van der Waals surface area contributed by atoms with E-state index in [0.29, 0.717) is 15.9 Å². The van der Waals surface area contributed by atoms with E-state index in [1.165, 1.54) is 14.2 Å². The zero-order valence-corrected chi connectivity index (χ0v) is 9.42. The van der Waals surface area contributed by atoms with E-state index in [-0.39, 0.29) is 5.56 Å². The van der Waals surface area contributed by atoms with E-state index in [0.717, 1.165) is 0 Å². The highest BCUT2D eigenvalue weighted by Gasteiger charge is 2.17. The van der Waals surface area contributed by atoms with Gasteiger partial charge in [-0.15, -0.1) is 0 Å². The number of nitrogen functional groups attached to an aromatic ring is 1. The molecule has 0 amide bonds. The maximum absolute atomic E-state index is 11.3. The third kappa shape index (κ3) is 1.82. The SMILES string of the molecule is COC(=O)c1c(N)ccc(OC)c1Br. The molecule has 0 aliphatic rings. The van der Waals surface area contributed by atoms with E-state index in [1.54, 1.807) is 12.1 Å². The lowest BCUT2D eigenvalue weighted by Crippen LogP contribution is -2.07. The number of halogens is 1. The van der Waals surface area contributed by atoms with Crippen molar-refractivity contribution in [3.63, 3.8) is 0 Å². The van der Waals surface area contributed by atoms with Crippen molar-refractivity contribution in [1.82, 2.24) is 0 Å². The number of carbonyl (C=O) groups is 1. The number of anilines is 1. The standard InChI is InChI=1S/C9H10BrNO3/c1-13-6-4-3-5(11)7(8(6)10)9(12)14-2/h3-4H,11H2,1-2H3. The lowest BCUT2D eigenvalue weighted by atomic mass is 10.2. The van der Waals surface area contributed by atoms with Gasteiger partial charge in [0.2, 0.25) is 0 Å². The maximum atomic E-state index is 11.3. The summed E-state index contributed by atoms with van der Waals surface area (Å²) in [4.78, 5) is 11.3. The van der Waals surface area contributed by atoms with Gasteiger partial charge in [0.15, 0.2) is 0 Å². The predicted octanol–water partition coefficient (Wildman–Crippen LogP) is 1.83. The smallest absolute Gasteiger partial charge is 0.341 e. The normalized spacial score (nSPS) is 9.64. The number of benzene rings is 1. The molecule has 0 radical (unpaired) electrons. The minimum absolute atomic E-state index is 0.284. The minimum atomic E-state index is -0.492. The Balaban J connectivity index is 3.32. The first kappa shape index (κ1) is 10.8. The van der Waals surface area contributed by atoms with Crippen LogP contribution in [0.25, 0.3) is 0 Å². The Morgan fingerprint density at radius 1 is 1.43 bits per heavy atom. The molecule has 1 aromatic rings. The lowest BCUT2D eigenvalue weighted by Gasteiger charge is -2.09. The van der Waals surface area contributed by atoms with Crippen LogP contribution in [0.2, 0.25) is 0 Å². The largest absolute Gasteiger partial charge is 0.496 e. The molecule has 0 heterocycles. The van der Waals surface area contributed by atoms with Crippen molar-refractivity contribution in [2.45, 2.75) is 0 Å². The Morgan fingerprint density at radius 2 is 2.07 bits per heavy atom. The Hall–Kier alpha value is -1.23. The van der Waals surface area contributed by atoms with Crippen molar-refractivity contribution in [2.24, 2.45) is 0 Å². The first-order valence-electron chi connectivity index (χ1n) is 3.82. The van der Waals surface area contributed by atoms with Gasteiger partial charge in [-0.05, 0) is 28.1 Å². The second-order valence-electron chi connectivity index (χ2n) is 2.54. The molecule has 0 saturated carbocycles. The maximum Gasteiger partial charge on any atom is 0.341 e. The fourth-order valence-corrected chi connectivity index (χ4v) is 1.72. The summed E-state index contributed by atoms with van der Waals surface area (Å²) in [5.74, 6) is 0.0490. The fraction of sp³-hybridized carbons (Fsp3) is 0.222. The van der Waals surface area contributed by atoms with Gasteiger partial charge in [-0.3, -0.25) is 0 Å². The van der Waals surface area contributed by atoms with E-state index in [2.05, 4.69) is 20.7 Å². The first-order valence-corrected chi connectivity index (χ1v) is 4.61. The van der Waals surface area contributed by atoms with E-state index in [4.69, 9.17) is 10.5 Å². The van der Waals surface area contributed by atoms with Crippen LogP contribution in [0.15, 0.2) is 16.6 Å². The van der Waals surface area contributed by atoms with Gasteiger partial charge in [-0.25, -0.2) is 4.79 Å². The Morgan fingerprint density at radius 3 is 2.57 bits per heavy atom. The van der Waals surface area contributed by atoms with Crippen molar-refractivity contribution in [3.05, 3.63) is 22.2 Å². The van der Waals surface area contributed by atoms with Gasteiger partial charge in [0.1, 0.15) is 11.3 Å². The second kappa shape index (κ2) is 4.32. The topological polar surface area (TPSA) is 61.5 Å². The summed E-state index contributed by atoms with van der Waals surface area (Å²) < 4.78 is 10.1. The Labute approximate surface area is 90.1 Å². The summed E-state index contributed by atoms with van der Waals surface area (Å²) in [5, 5.41) is 0. The third-order valence-corrected chi connectivity index (χ3v) is 2.54. The number of rotatable bonds is 2. The summed E-state index contributed by atoms with van der Waals surface area (Å²) >= 11 is 3.23. The molecule has 14 heavy (non-hydrogen) atoms. The lowest BCUT2D eigenvalue weighted by molar-refractivity contribution is 0.0600. The van der Waals surface area contributed by atoms with Gasteiger partial charge >= 0.3 is 5.97 Å². The number of hydrogen-bond acceptors (Lipinski definition) is 4. The van der Waals surface area contributed by atoms with Crippen molar-refractivity contribution < 1.29 is 14.3 Å². The van der Waals surface area contributed by atoms with E-state index in [9.17, 15) is 4.79 Å². The van der Waals surface area contributed by atoms with Crippen LogP contribution in [0.3, 0.4) is 0 Å². The molecular weight excluding hydrogens is 250 g/mol. The predicted molar refractivity (Wildman–Crippen MR) is 56.4 cm³/mol. The molecule has 76 valence electrons. The first-order chi connectivity index (χ1) is 6.61. The Bertz CT molecular complexity index is 365. The van der Waals surface area contributed by atoms with Gasteiger partial charge < -0.3 is 15.2 Å². The molecule has 1 aromatic carbocycles. The van der Waals surface area contributed by atoms with Crippen LogP contribution in [0.5, 0.6) is 5.75 Å². The highest BCUT2D eigenvalue weighted by Crippen LogP contribution is 2.32. The zero-order chi connectivity index (χ0) is 10.7. The molecule has 0 aliphatic carbocycles. The second-order valence-corrected chi connectivity index (χ2v) is 3.33. The van der Waals surface area contributed by atoms with Crippen LogP contribution in [-0.2, 0) is 4.74 Å². The molecule has 4 nitrogen and oxygen atoms in total. The van der Waals surface area contributed by atoms with Gasteiger partial charge in [0, 0.05) is 5.69 Å². The van der Waals surface area contributed by atoms with Gasteiger partial charge in [-0.1, -0.05) is 0 Å². The van der Waals surface area contributed by atoms with Crippen LogP contribution < -0.4 is 10.5 Å². The number of nitrogens with two attached hydrogens (primary N) is 1. The molecule has 1 rings (SSSR count).